The van der Waals surface area contributed by atoms with Crippen LogP contribution in [-0.2, 0) is 0 Å². The fourth-order valence-electron chi connectivity index (χ4n) is 3.54. The van der Waals surface area contributed by atoms with E-state index in [-0.39, 0.29) is 0 Å². The summed E-state index contributed by atoms with van der Waals surface area (Å²) in [6.07, 6.45) is 13.9. The zero-order valence-electron chi connectivity index (χ0n) is 9.19. The molecule has 2 atom stereocenters. The zero-order chi connectivity index (χ0) is 10.5. The molecule has 0 bridgehead atoms. The van der Waals surface area contributed by atoms with Gasteiger partial charge in [0.15, 0.2) is 0 Å². The SMILES string of the molecule is C1=CCC2C(=C1)c1cccc3c1C2CC=C3. The molecule has 0 N–H and O–H groups in total. The molecule has 3 aliphatic carbocycles. The second kappa shape index (κ2) is 2.98. The number of hydrogen-bond acceptors (Lipinski definition) is 0. The van der Waals surface area contributed by atoms with Gasteiger partial charge in [-0.05, 0) is 46.9 Å². The standard InChI is InChI=1S/C16H14/c1-2-8-13-12(7-1)14-9-3-5-11-6-4-10-15(13)16(11)14/h1-7,9,13,15H,8,10H2. The molecule has 78 valence electrons. The van der Waals surface area contributed by atoms with Crippen LogP contribution in [0.4, 0.5) is 0 Å². The Balaban J connectivity index is 2.03. The highest BCUT2D eigenvalue weighted by Crippen LogP contribution is 2.53. The van der Waals surface area contributed by atoms with E-state index in [1.54, 1.807) is 11.1 Å². The van der Waals surface area contributed by atoms with Crippen molar-refractivity contribution in [2.45, 2.75) is 18.8 Å². The van der Waals surface area contributed by atoms with Gasteiger partial charge in [0.1, 0.15) is 0 Å². The lowest BCUT2D eigenvalue weighted by Crippen LogP contribution is -2.09. The topological polar surface area (TPSA) is 0 Å². The molecule has 0 spiro atoms. The molecule has 16 heavy (non-hydrogen) atoms. The van der Waals surface area contributed by atoms with Crippen LogP contribution in [0.25, 0.3) is 11.6 Å². The van der Waals surface area contributed by atoms with E-state index >= 15 is 0 Å². The maximum Gasteiger partial charge on any atom is -0.00433 e. The smallest absolute Gasteiger partial charge is 0.00433 e. The van der Waals surface area contributed by atoms with Crippen molar-refractivity contribution < 1.29 is 0 Å². The third-order valence-electron chi connectivity index (χ3n) is 4.20. The van der Waals surface area contributed by atoms with E-state index in [0.29, 0.717) is 0 Å². The van der Waals surface area contributed by atoms with Gasteiger partial charge < -0.3 is 0 Å². The normalized spacial score (nSPS) is 28.6. The highest BCUT2D eigenvalue weighted by Gasteiger charge is 2.37. The minimum absolute atomic E-state index is 0.742. The van der Waals surface area contributed by atoms with Gasteiger partial charge in [0.25, 0.3) is 0 Å². The molecule has 2 unspecified atom stereocenters. The summed E-state index contributed by atoms with van der Waals surface area (Å²) in [7, 11) is 0. The molecule has 1 aromatic rings. The molecule has 0 nitrogen and oxygen atoms in total. The summed E-state index contributed by atoms with van der Waals surface area (Å²) in [6.45, 7) is 0. The Labute approximate surface area is 96.0 Å². The number of fused-ring (bicyclic) bond motifs is 3. The maximum absolute atomic E-state index is 2.35. The predicted octanol–water partition coefficient (Wildman–Crippen LogP) is 4.16. The highest BCUT2D eigenvalue weighted by molar-refractivity contribution is 5.82. The minimum Gasteiger partial charge on any atom is -0.0839 e. The van der Waals surface area contributed by atoms with Crippen LogP contribution in [0.1, 0.15) is 35.4 Å². The third kappa shape index (κ3) is 0.948. The monoisotopic (exact) mass is 206 g/mol. The number of allylic oxidation sites excluding steroid dienone is 5. The van der Waals surface area contributed by atoms with Crippen molar-refractivity contribution in [2.24, 2.45) is 5.92 Å². The largest absolute Gasteiger partial charge is 0.0839 e. The van der Waals surface area contributed by atoms with Crippen molar-refractivity contribution >= 4 is 11.6 Å². The minimum atomic E-state index is 0.742. The van der Waals surface area contributed by atoms with Gasteiger partial charge >= 0.3 is 0 Å². The predicted molar refractivity (Wildman–Crippen MR) is 68.1 cm³/mol. The quantitative estimate of drug-likeness (QED) is 0.598. The first kappa shape index (κ1) is 8.58. The van der Waals surface area contributed by atoms with Crippen molar-refractivity contribution in [3.8, 4) is 0 Å². The summed E-state index contributed by atoms with van der Waals surface area (Å²) < 4.78 is 0. The number of rotatable bonds is 0. The Morgan fingerprint density at radius 1 is 1.00 bits per heavy atom. The van der Waals surface area contributed by atoms with Crippen molar-refractivity contribution in [1.82, 2.24) is 0 Å². The van der Waals surface area contributed by atoms with E-state index in [1.165, 1.54) is 24.0 Å². The molecule has 3 aliphatic rings. The summed E-state index contributed by atoms with van der Waals surface area (Å²) in [5.41, 5.74) is 6.16. The Morgan fingerprint density at radius 2 is 1.94 bits per heavy atom. The Bertz CT molecular complexity index is 543. The lowest BCUT2D eigenvalue weighted by molar-refractivity contribution is 0.547. The van der Waals surface area contributed by atoms with Gasteiger partial charge in [-0.1, -0.05) is 48.6 Å². The molecule has 0 fully saturated rings. The summed E-state index contributed by atoms with van der Waals surface area (Å²) in [6, 6.07) is 6.76. The van der Waals surface area contributed by atoms with Crippen molar-refractivity contribution in [3.63, 3.8) is 0 Å². The first-order valence-electron chi connectivity index (χ1n) is 6.12. The Morgan fingerprint density at radius 3 is 2.94 bits per heavy atom. The van der Waals surface area contributed by atoms with Gasteiger partial charge in [-0.15, -0.1) is 0 Å². The molecule has 4 rings (SSSR count). The highest BCUT2D eigenvalue weighted by atomic mass is 14.4. The summed E-state index contributed by atoms with van der Waals surface area (Å²) in [5.74, 6) is 1.48. The van der Waals surface area contributed by atoms with Gasteiger partial charge in [0, 0.05) is 0 Å². The fourth-order valence-corrected chi connectivity index (χ4v) is 3.54. The van der Waals surface area contributed by atoms with Crippen LogP contribution in [0.3, 0.4) is 0 Å². The van der Waals surface area contributed by atoms with Crippen LogP contribution in [0, 0.1) is 5.92 Å². The first-order chi connectivity index (χ1) is 7.95. The van der Waals surface area contributed by atoms with E-state index in [9.17, 15) is 0 Å². The van der Waals surface area contributed by atoms with Crippen LogP contribution >= 0.6 is 0 Å². The molecule has 0 aromatic heterocycles. The van der Waals surface area contributed by atoms with Gasteiger partial charge in [-0.3, -0.25) is 0 Å². The zero-order valence-corrected chi connectivity index (χ0v) is 9.19. The number of benzene rings is 1. The maximum atomic E-state index is 2.35. The van der Waals surface area contributed by atoms with Crippen molar-refractivity contribution in [2.75, 3.05) is 0 Å². The van der Waals surface area contributed by atoms with Crippen LogP contribution < -0.4 is 0 Å². The van der Waals surface area contributed by atoms with E-state index in [2.05, 4.69) is 48.6 Å². The van der Waals surface area contributed by atoms with E-state index in [1.807, 2.05) is 0 Å². The van der Waals surface area contributed by atoms with Crippen molar-refractivity contribution in [3.05, 3.63) is 59.2 Å². The summed E-state index contributed by atoms with van der Waals surface area (Å²) in [5, 5.41) is 0. The molecule has 1 aromatic carbocycles. The molecular weight excluding hydrogens is 192 g/mol. The average Bonchev–Trinajstić information content (AvgIpc) is 2.68. The lowest BCUT2D eigenvalue weighted by atomic mass is 9.81. The summed E-state index contributed by atoms with van der Waals surface area (Å²) in [4.78, 5) is 0. The second-order valence-electron chi connectivity index (χ2n) is 4.95. The molecule has 0 saturated heterocycles. The molecular formula is C16H14. The molecule has 0 heteroatoms. The van der Waals surface area contributed by atoms with Crippen LogP contribution in [0.5, 0.6) is 0 Å². The van der Waals surface area contributed by atoms with Gasteiger partial charge in [-0.25, -0.2) is 0 Å². The van der Waals surface area contributed by atoms with E-state index in [4.69, 9.17) is 0 Å². The second-order valence-corrected chi connectivity index (χ2v) is 4.95. The average molecular weight is 206 g/mol. The fraction of sp³-hybridized carbons (Fsp3) is 0.250. The first-order valence-corrected chi connectivity index (χ1v) is 6.12. The van der Waals surface area contributed by atoms with Gasteiger partial charge in [0.2, 0.25) is 0 Å². The lowest BCUT2D eigenvalue weighted by Gasteiger charge is -2.23. The Hall–Kier alpha value is -1.56. The van der Waals surface area contributed by atoms with E-state index < -0.39 is 0 Å². The third-order valence-corrected chi connectivity index (χ3v) is 4.20. The van der Waals surface area contributed by atoms with Gasteiger partial charge in [0.05, 0.1) is 0 Å². The molecule has 0 amide bonds. The van der Waals surface area contributed by atoms with Crippen molar-refractivity contribution in [1.29, 1.82) is 0 Å². The van der Waals surface area contributed by atoms with Crippen LogP contribution in [0.2, 0.25) is 0 Å². The van der Waals surface area contributed by atoms with Crippen LogP contribution in [0.15, 0.2) is 42.5 Å². The van der Waals surface area contributed by atoms with E-state index in [0.717, 1.165) is 11.8 Å². The molecule has 0 aliphatic heterocycles. The molecule has 0 saturated carbocycles. The Kier molecular flexibility index (Phi) is 1.59. The summed E-state index contributed by atoms with van der Waals surface area (Å²) >= 11 is 0. The molecule has 0 radical (unpaired) electrons. The molecule has 0 heterocycles. The number of hydrogen-bond donors (Lipinski definition) is 0. The van der Waals surface area contributed by atoms with Gasteiger partial charge in [-0.2, -0.15) is 0 Å². The van der Waals surface area contributed by atoms with Crippen LogP contribution in [-0.4, -0.2) is 0 Å².